The smallest absolute Gasteiger partial charge is 0.243 e. The summed E-state index contributed by atoms with van der Waals surface area (Å²) in [5.74, 6) is -6.39. The van der Waals surface area contributed by atoms with Gasteiger partial charge in [-0.05, 0) is 19.3 Å². The molecule has 18 nitrogen and oxygen atoms in total. The number of aliphatic hydroxyl groups excluding tert-OH is 5. The molecule has 0 spiro atoms. The number of carbonyl (C=O) groups is 6. The van der Waals surface area contributed by atoms with E-state index in [2.05, 4.69) is 39.6 Å². The van der Waals surface area contributed by atoms with Crippen LogP contribution in [0, 0.1) is 5.92 Å². The van der Waals surface area contributed by atoms with Gasteiger partial charge in [0.15, 0.2) is 0 Å². The first-order chi connectivity index (χ1) is 27.1. The van der Waals surface area contributed by atoms with Gasteiger partial charge in [-0.1, -0.05) is 76.0 Å². The van der Waals surface area contributed by atoms with Gasteiger partial charge in [-0.2, -0.15) is 0 Å². The van der Waals surface area contributed by atoms with Crippen molar-refractivity contribution in [3.8, 4) is 0 Å². The van der Waals surface area contributed by atoms with Crippen LogP contribution in [0.25, 0.3) is 0 Å². The molecular formula is C39H66N6O12. The van der Waals surface area contributed by atoms with Crippen molar-refractivity contribution in [3.05, 3.63) is 36.5 Å². The van der Waals surface area contributed by atoms with Gasteiger partial charge in [0.2, 0.25) is 35.4 Å². The van der Waals surface area contributed by atoms with E-state index >= 15 is 0 Å². The Hall–Kier alpha value is -4.20. The highest BCUT2D eigenvalue weighted by Crippen LogP contribution is 2.14. The van der Waals surface area contributed by atoms with Crippen molar-refractivity contribution >= 4 is 35.4 Å². The molecule has 0 saturated carbocycles. The molecule has 12 N–H and O–H groups in total. The second kappa shape index (κ2) is 29.1. The third kappa shape index (κ3) is 22.4. The van der Waals surface area contributed by atoms with Gasteiger partial charge in [0.05, 0.1) is 50.0 Å². The molecule has 0 bridgehead atoms. The van der Waals surface area contributed by atoms with Gasteiger partial charge in [-0.15, -0.1) is 0 Å². The van der Waals surface area contributed by atoms with Crippen LogP contribution in [-0.4, -0.2) is 136 Å². The molecule has 0 aliphatic carbocycles. The lowest BCUT2D eigenvalue weighted by molar-refractivity contribution is -0.136. The molecule has 1 rings (SSSR count). The molecule has 1 aliphatic rings. The molecule has 0 unspecified atom stereocenters. The van der Waals surface area contributed by atoms with E-state index in [1.54, 1.807) is 12.2 Å². The van der Waals surface area contributed by atoms with Crippen LogP contribution in [0.2, 0.25) is 0 Å². The fraction of sp³-hybridized carbons (Fsp3) is 0.692. The fourth-order valence-electron chi connectivity index (χ4n) is 5.88. The van der Waals surface area contributed by atoms with Gasteiger partial charge in [-0.25, -0.2) is 0 Å². The highest BCUT2D eigenvalue weighted by atomic mass is 16.5. The molecule has 0 aromatic carbocycles. The molecule has 18 heteroatoms. The summed E-state index contributed by atoms with van der Waals surface area (Å²) in [7, 11) is 1.47. The quantitative estimate of drug-likeness (QED) is 0.0446. The van der Waals surface area contributed by atoms with E-state index in [0.717, 1.165) is 12.8 Å². The van der Waals surface area contributed by atoms with Crippen molar-refractivity contribution in [2.24, 2.45) is 11.7 Å². The molecule has 0 radical (unpaired) electrons. The van der Waals surface area contributed by atoms with Crippen LogP contribution in [0.1, 0.15) is 90.9 Å². The summed E-state index contributed by atoms with van der Waals surface area (Å²) in [4.78, 5) is 78.6. The first-order valence-electron chi connectivity index (χ1n) is 19.7. The normalized spacial score (nSPS) is 24.3. The number of methoxy groups -OCH3 is 1. The van der Waals surface area contributed by atoms with Gasteiger partial charge in [0.1, 0.15) is 18.1 Å². The Kier molecular flexibility index (Phi) is 25.9. The molecule has 1 fully saturated rings. The van der Waals surface area contributed by atoms with E-state index in [4.69, 9.17) is 10.5 Å². The number of aliphatic hydroxyl groups is 5. The van der Waals surface area contributed by atoms with E-state index in [1.807, 2.05) is 18.2 Å². The van der Waals surface area contributed by atoms with E-state index < -0.39 is 129 Å². The van der Waals surface area contributed by atoms with Gasteiger partial charge in [0.25, 0.3) is 0 Å². The van der Waals surface area contributed by atoms with E-state index in [1.165, 1.54) is 39.7 Å². The minimum absolute atomic E-state index is 0.0731. The second-order valence-corrected chi connectivity index (χ2v) is 14.4. The Morgan fingerprint density at radius 1 is 0.772 bits per heavy atom. The first kappa shape index (κ1) is 50.8. The number of ether oxygens (including phenoxy) is 1. The largest absolute Gasteiger partial charge is 0.394 e. The van der Waals surface area contributed by atoms with Crippen molar-refractivity contribution in [1.29, 1.82) is 0 Å². The molecule has 57 heavy (non-hydrogen) atoms. The number of unbranched alkanes of at least 4 members (excludes halogenated alkanes) is 5. The summed E-state index contributed by atoms with van der Waals surface area (Å²) in [5.41, 5.74) is 5.34. The Balaban J connectivity index is 3.31. The average Bonchev–Trinajstić information content (AvgIpc) is 3.16. The number of carbonyl (C=O) groups excluding carboxylic acids is 6. The van der Waals surface area contributed by atoms with Crippen LogP contribution in [-0.2, 0) is 33.5 Å². The maximum absolute atomic E-state index is 13.7. The zero-order chi connectivity index (χ0) is 42.8. The Morgan fingerprint density at radius 3 is 1.93 bits per heavy atom. The van der Waals surface area contributed by atoms with Crippen molar-refractivity contribution in [3.63, 3.8) is 0 Å². The number of allylic oxidation sites excluding steroid dienone is 5. The first-order valence-corrected chi connectivity index (χ1v) is 19.7. The summed E-state index contributed by atoms with van der Waals surface area (Å²) in [6.45, 7) is 1.84. The second-order valence-electron chi connectivity index (χ2n) is 14.4. The summed E-state index contributed by atoms with van der Waals surface area (Å²) < 4.78 is 5.51. The molecule has 6 amide bonds. The van der Waals surface area contributed by atoms with Crippen LogP contribution in [0.4, 0.5) is 0 Å². The van der Waals surface area contributed by atoms with Crippen LogP contribution in [0.3, 0.4) is 0 Å². The third-order valence-corrected chi connectivity index (χ3v) is 9.21. The van der Waals surface area contributed by atoms with E-state index in [0.29, 0.717) is 0 Å². The number of nitrogens with two attached hydrogens (primary N) is 1. The van der Waals surface area contributed by atoms with Crippen LogP contribution >= 0.6 is 0 Å². The highest BCUT2D eigenvalue weighted by Gasteiger charge is 2.34. The van der Waals surface area contributed by atoms with Crippen LogP contribution in [0.15, 0.2) is 36.5 Å². The molecule has 1 heterocycles. The van der Waals surface area contributed by atoms with Gasteiger partial charge >= 0.3 is 0 Å². The van der Waals surface area contributed by atoms with E-state index in [-0.39, 0.29) is 19.4 Å². The number of nitrogens with one attached hydrogen (secondary N) is 5. The lowest BCUT2D eigenvalue weighted by Crippen LogP contribution is -2.59. The predicted molar refractivity (Wildman–Crippen MR) is 211 cm³/mol. The Bertz CT molecular complexity index is 1340. The standard InChI is InChI=1S/C39H66N6O12/c1-4-5-6-7-8-9-10-11-12-13-14-15-30(57-3)18-27(48)16-26-17-35(52)41-22-25(2)36(53)43-32(20-29(50)24-47)38(55)45-33(21-34(40)51)39(56)44-31(37(54)42-26)19-28(49)23-46/h10-15,25-33,46-50H,4-9,16-24H2,1-3H3,(H2,40,51)(H,41,52)(H,42,54)(H,43,53)(H,44,56)(H,45,55)/b11-10+,13-12+,15-14+/t25-,26-,27-,28+,29+,30-,31+,32+,33-/m1/s1. The molecule has 0 aromatic rings. The highest BCUT2D eigenvalue weighted by molar-refractivity contribution is 5.96. The lowest BCUT2D eigenvalue weighted by Gasteiger charge is -2.28. The predicted octanol–water partition coefficient (Wildman–Crippen LogP) is -1.37. The van der Waals surface area contributed by atoms with Crippen molar-refractivity contribution < 1.29 is 59.0 Å². The minimum Gasteiger partial charge on any atom is -0.394 e. The maximum atomic E-state index is 13.7. The summed E-state index contributed by atoms with van der Waals surface area (Å²) in [5, 5.41) is 62.6. The number of hydrogen-bond acceptors (Lipinski definition) is 12. The number of amides is 6. The number of primary amides is 1. The summed E-state index contributed by atoms with van der Waals surface area (Å²) >= 11 is 0. The topological polar surface area (TPSA) is 299 Å². The molecular weight excluding hydrogens is 744 g/mol. The van der Waals surface area contributed by atoms with Crippen LogP contribution < -0.4 is 32.3 Å². The Labute approximate surface area is 335 Å². The SMILES string of the molecule is CCCCCCC/C=C/C=C/C=C/[C@H](C[C@H](O)C[C@@H]1CC(=O)NC[C@@H](C)C(=O)N[C@@H](C[C@H](O)CO)C(=O)N[C@H](CC(N)=O)C(=O)N[C@@H](C[C@H](O)CO)C(=O)N1)OC. The molecule has 0 aromatic heterocycles. The van der Waals surface area contributed by atoms with Crippen molar-refractivity contribution in [2.75, 3.05) is 26.9 Å². The summed E-state index contributed by atoms with van der Waals surface area (Å²) in [6, 6.07) is -5.88. The number of rotatable bonds is 22. The number of hydrogen-bond donors (Lipinski definition) is 11. The Morgan fingerprint density at radius 2 is 1.33 bits per heavy atom. The van der Waals surface area contributed by atoms with Gasteiger partial charge in [-0.3, -0.25) is 28.8 Å². The molecule has 1 aliphatic heterocycles. The molecule has 1 saturated heterocycles. The average molecular weight is 811 g/mol. The zero-order valence-corrected chi connectivity index (χ0v) is 33.4. The van der Waals surface area contributed by atoms with Gasteiger partial charge < -0.3 is 62.6 Å². The van der Waals surface area contributed by atoms with Crippen molar-refractivity contribution in [1.82, 2.24) is 26.6 Å². The maximum Gasteiger partial charge on any atom is 0.243 e. The minimum atomic E-state index is -1.71. The van der Waals surface area contributed by atoms with Gasteiger partial charge in [0, 0.05) is 45.4 Å². The fourth-order valence-corrected chi connectivity index (χ4v) is 5.88. The molecule has 324 valence electrons. The van der Waals surface area contributed by atoms with E-state index in [9.17, 15) is 54.3 Å². The van der Waals surface area contributed by atoms with Crippen LogP contribution in [0.5, 0.6) is 0 Å². The zero-order valence-electron chi connectivity index (χ0n) is 33.4. The summed E-state index contributed by atoms with van der Waals surface area (Å²) in [6.07, 6.45) is 11.4. The van der Waals surface area contributed by atoms with Crippen molar-refractivity contribution in [2.45, 2.75) is 139 Å². The lowest BCUT2D eigenvalue weighted by atomic mass is 9.99. The third-order valence-electron chi connectivity index (χ3n) is 9.21. The monoisotopic (exact) mass is 810 g/mol. The molecule has 9 atom stereocenters.